The Morgan fingerprint density at radius 1 is 1.30 bits per heavy atom. The van der Waals surface area contributed by atoms with E-state index in [9.17, 15) is 0 Å². The molecule has 0 spiro atoms. The molecule has 0 radical (unpaired) electrons. The van der Waals surface area contributed by atoms with Crippen LogP contribution in [0.2, 0.25) is 0 Å². The standard InChI is InChI=1S/C17H25N3OS.HI/c1-11(8-16-7-6-13(3)22-16)20-17(18-5)19-10-15-9-12(2)21-14(15)4;/h6-7,9,11H,8,10H2,1-5H3,(H2,18,19,20);1H. The number of nitrogens with one attached hydrogen (secondary N) is 2. The minimum Gasteiger partial charge on any atom is -0.466 e. The van der Waals surface area contributed by atoms with Gasteiger partial charge in [-0.2, -0.15) is 0 Å². The van der Waals surface area contributed by atoms with E-state index in [2.05, 4.69) is 47.7 Å². The monoisotopic (exact) mass is 447 g/mol. The lowest BCUT2D eigenvalue weighted by molar-refractivity contribution is 0.500. The number of halogens is 1. The maximum Gasteiger partial charge on any atom is 0.191 e. The second-order valence-corrected chi connectivity index (χ2v) is 7.00. The van der Waals surface area contributed by atoms with Crippen LogP contribution in [0.5, 0.6) is 0 Å². The van der Waals surface area contributed by atoms with Crippen molar-refractivity contribution in [2.75, 3.05) is 7.05 Å². The summed E-state index contributed by atoms with van der Waals surface area (Å²) in [5.74, 6) is 2.72. The Morgan fingerprint density at radius 2 is 2.04 bits per heavy atom. The van der Waals surface area contributed by atoms with Crippen LogP contribution in [0.3, 0.4) is 0 Å². The summed E-state index contributed by atoms with van der Waals surface area (Å²) in [6.45, 7) is 8.99. The van der Waals surface area contributed by atoms with Crippen molar-refractivity contribution in [2.24, 2.45) is 4.99 Å². The first-order valence-corrected chi connectivity index (χ1v) is 8.38. The zero-order valence-corrected chi connectivity index (χ0v) is 17.5. The highest BCUT2D eigenvalue weighted by atomic mass is 127. The molecule has 128 valence electrons. The number of aliphatic imine (C=N–C) groups is 1. The third-order valence-corrected chi connectivity index (χ3v) is 4.52. The lowest BCUT2D eigenvalue weighted by atomic mass is 10.2. The van der Waals surface area contributed by atoms with Crippen molar-refractivity contribution in [1.29, 1.82) is 0 Å². The third kappa shape index (κ3) is 6.18. The quantitative estimate of drug-likeness (QED) is 0.411. The van der Waals surface area contributed by atoms with Gasteiger partial charge in [-0.15, -0.1) is 35.3 Å². The summed E-state index contributed by atoms with van der Waals surface area (Å²) >= 11 is 1.85. The lowest BCUT2D eigenvalue weighted by Gasteiger charge is -2.17. The van der Waals surface area contributed by atoms with Gasteiger partial charge in [-0.1, -0.05) is 0 Å². The van der Waals surface area contributed by atoms with Gasteiger partial charge in [-0.25, -0.2) is 0 Å². The molecule has 4 nitrogen and oxygen atoms in total. The minimum absolute atomic E-state index is 0. The van der Waals surface area contributed by atoms with Crippen molar-refractivity contribution < 1.29 is 4.42 Å². The molecule has 23 heavy (non-hydrogen) atoms. The fourth-order valence-electron chi connectivity index (χ4n) is 2.41. The molecule has 0 aromatic carbocycles. The van der Waals surface area contributed by atoms with Crippen molar-refractivity contribution in [3.8, 4) is 0 Å². The number of hydrogen-bond donors (Lipinski definition) is 2. The molecule has 1 atom stereocenters. The molecular formula is C17H26IN3OS. The van der Waals surface area contributed by atoms with Crippen LogP contribution in [0.25, 0.3) is 0 Å². The highest BCUT2D eigenvalue weighted by molar-refractivity contribution is 14.0. The van der Waals surface area contributed by atoms with E-state index in [1.165, 1.54) is 15.3 Å². The van der Waals surface area contributed by atoms with Gasteiger partial charge in [0.05, 0.1) is 0 Å². The highest BCUT2D eigenvalue weighted by Gasteiger charge is 2.09. The van der Waals surface area contributed by atoms with Crippen molar-refractivity contribution >= 4 is 41.3 Å². The molecular weight excluding hydrogens is 421 g/mol. The molecule has 2 aromatic rings. The number of nitrogens with zero attached hydrogens (tertiary/aromatic N) is 1. The van der Waals surface area contributed by atoms with Gasteiger partial charge in [0.15, 0.2) is 5.96 Å². The number of thiophene rings is 1. The van der Waals surface area contributed by atoms with Gasteiger partial charge >= 0.3 is 0 Å². The molecule has 0 saturated heterocycles. The number of aryl methyl sites for hydroxylation is 3. The van der Waals surface area contributed by atoms with Crippen molar-refractivity contribution in [2.45, 2.75) is 46.7 Å². The van der Waals surface area contributed by atoms with Gasteiger partial charge in [0.2, 0.25) is 0 Å². The maximum atomic E-state index is 5.54. The molecule has 2 rings (SSSR count). The molecule has 0 aliphatic carbocycles. The summed E-state index contributed by atoms with van der Waals surface area (Å²) in [6, 6.07) is 6.76. The van der Waals surface area contributed by atoms with E-state index >= 15 is 0 Å². The molecule has 6 heteroatoms. The Kier molecular flexibility index (Phi) is 8.11. The van der Waals surface area contributed by atoms with Crippen molar-refractivity contribution in [3.63, 3.8) is 0 Å². The second kappa shape index (κ2) is 9.32. The molecule has 2 N–H and O–H groups in total. The summed E-state index contributed by atoms with van der Waals surface area (Å²) < 4.78 is 5.54. The van der Waals surface area contributed by atoms with Crippen molar-refractivity contribution in [3.05, 3.63) is 45.0 Å². The fourth-order valence-corrected chi connectivity index (χ4v) is 3.43. The van der Waals surface area contributed by atoms with E-state index in [1.54, 1.807) is 7.05 Å². The van der Waals surface area contributed by atoms with Gasteiger partial charge < -0.3 is 15.1 Å². The third-order valence-electron chi connectivity index (χ3n) is 3.50. The first-order chi connectivity index (χ1) is 10.5. The van der Waals surface area contributed by atoms with E-state index < -0.39 is 0 Å². The topological polar surface area (TPSA) is 49.6 Å². The highest BCUT2D eigenvalue weighted by Crippen LogP contribution is 2.16. The van der Waals surface area contributed by atoms with Crippen molar-refractivity contribution in [1.82, 2.24) is 10.6 Å². The van der Waals surface area contributed by atoms with Crippen LogP contribution in [-0.2, 0) is 13.0 Å². The molecule has 2 aromatic heterocycles. The molecule has 0 aliphatic rings. The first-order valence-electron chi connectivity index (χ1n) is 7.56. The Hall–Kier alpha value is -1.02. The van der Waals surface area contributed by atoms with Crippen LogP contribution < -0.4 is 10.6 Å². The summed E-state index contributed by atoms with van der Waals surface area (Å²) in [5.41, 5.74) is 1.17. The van der Waals surface area contributed by atoms with Gasteiger partial charge in [0, 0.05) is 41.4 Å². The second-order valence-electron chi connectivity index (χ2n) is 5.63. The number of furan rings is 1. The van der Waals surface area contributed by atoms with Gasteiger partial charge in [0.1, 0.15) is 11.5 Å². The Balaban J connectivity index is 0.00000264. The van der Waals surface area contributed by atoms with E-state index in [-0.39, 0.29) is 24.0 Å². The van der Waals surface area contributed by atoms with Crippen LogP contribution in [0.15, 0.2) is 27.6 Å². The Bertz CT molecular complexity index is 648. The first kappa shape index (κ1) is 20.0. The fraction of sp³-hybridized carbons (Fsp3) is 0.471. The van der Waals surface area contributed by atoms with E-state index in [0.717, 1.165) is 23.9 Å². The molecule has 2 heterocycles. The predicted octanol–water partition coefficient (Wildman–Crippen LogP) is 4.18. The molecule has 0 aliphatic heterocycles. The Labute approximate surface area is 159 Å². The van der Waals surface area contributed by atoms with Gasteiger partial charge in [-0.3, -0.25) is 4.99 Å². The molecule has 0 fully saturated rings. The number of rotatable bonds is 5. The summed E-state index contributed by atoms with van der Waals surface area (Å²) in [7, 11) is 1.80. The van der Waals surface area contributed by atoms with Gasteiger partial charge in [-0.05, 0) is 45.9 Å². The van der Waals surface area contributed by atoms with E-state index in [1.807, 2.05) is 25.2 Å². The average Bonchev–Trinajstić information content (AvgIpc) is 3.00. The molecule has 0 saturated carbocycles. The predicted molar refractivity (Wildman–Crippen MR) is 109 cm³/mol. The molecule has 1 unspecified atom stereocenters. The van der Waals surface area contributed by atoms with Crippen LogP contribution in [0.4, 0.5) is 0 Å². The summed E-state index contributed by atoms with van der Waals surface area (Å²) in [4.78, 5) is 7.05. The smallest absolute Gasteiger partial charge is 0.191 e. The average molecular weight is 447 g/mol. The normalized spacial score (nSPS) is 12.7. The maximum absolute atomic E-state index is 5.54. The molecule has 0 bridgehead atoms. The number of guanidine groups is 1. The van der Waals surface area contributed by atoms with Crippen LogP contribution >= 0.6 is 35.3 Å². The molecule has 0 amide bonds. The van der Waals surface area contributed by atoms with Crippen LogP contribution in [0, 0.1) is 20.8 Å². The van der Waals surface area contributed by atoms with E-state index in [4.69, 9.17) is 4.42 Å². The van der Waals surface area contributed by atoms with Gasteiger partial charge in [0.25, 0.3) is 0 Å². The van der Waals surface area contributed by atoms with Crippen LogP contribution in [-0.4, -0.2) is 19.0 Å². The zero-order chi connectivity index (χ0) is 16.1. The lowest BCUT2D eigenvalue weighted by Crippen LogP contribution is -2.42. The SMILES string of the molecule is CN=C(NCc1cc(C)oc1C)NC(C)Cc1ccc(C)s1.I. The summed E-state index contributed by atoms with van der Waals surface area (Å²) in [5, 5.41) is 6.78. The Morgan fingerprint density at radius 3 is 2.57 bits per heavy atom. The summed E-state index contributed by atoms with van der Waals surface area (Å²) in [6.07, 6.45) is 1.00. The van der Waals surface area contributed by atoms with E-state index in [0.29, 0.717) is 12.6 Å². The number of hydrogen-bond acceptors (Lipinski definition) is 3. The van der Waals surface area contributed by atoms with Crippen LogP contribution in [0.1, 0.15) is 33.8 Å². The largest absolute Gasteiger partial charge is 0.466 e. The zero-order valence-electron chi connectivity index (χ0n) is 14.4. The minimum atomic E-state index is 0.